The molecule has 5 nitrogen and oxygen atoms in total. The van der Waals surface area contributed by atoms with Crippen molar-refractivity contribution < 1.29 is 34.8 Å². The Balaban J connectivity index is 1.96. The topological polar surface area (TPSA) is 64.0 Å². The van der Waals surface area contributed by atoms with E-state index in [1.165, 1.54) is 10.8 Å². The lowest BCUT2D eigenvalue weighted by molar-refractivity contribution is -0.140. The minimum Gasteiger partial charge on any atom is -0.347 e. The molecule has 13 heteroatoms. The first-order valence-corrected chi connectivity index (χ1v) is 13.2. The Labute approximate surface area is 214 Å². The number of pyridine rings is 1. The Bertz CT molecular complexity index is 1440. The molecule has 0 bridgehead atoms. The van der Waals surface area contributed by atoms with Gasteiger partial charge in [-0.2, -0.15) is 13.2 Å². The number of fused-ring (bicyclic) bond motifs is 1. The molecule has 1 N–H and O–H groups in total. The predicted octanol–water partition coefficient (Wildman–Crippen LogP) is 6.95. The second-order valence-corrected chi connectivity index (χ2v) is 12.8. The summed E-state index contributed by atoms with van der Waals surface area (Å²) in [5.74, 6) is -1.13. The fraction of sp³-hybridized carbons (Fsp3) is 0.458. The van der Waals surface area contributed by atoms with Crippen LogP contribution in [0.5, 0.6) is 0 Å². The Kier molecular flexibility index (Phi) is 7.09. The quantitative estimate of drug-likeness (QED) is 0.314. The molecule has 0 spiro atoms. The summed E-state index contributed by atoms with van der Waals surface area (Å²) < 4.78 is 113. The molecule has 3 aromatic rings. The van der Waals surface area contributed by atoms with Crippen LogP contribution in [-0.2, 0) is 22.7 Å². The Hall–Kier alpha value is -2.31. The van der Waals surface area contributed by atoms with E-state index in [0.717, 1.165) is 24.4 Å². The van der Waals surface area contributed by atoms with Gasteiger partial charge in [0.1, 0.15) is 11.9 Å². The van der Waals surface area contributed by atoms with Crippen LogP contribution in [0.15, 0.2) is 30.6 Å². The first kappa shape index (κ1) is 27.7. The first-order valence-electron chi connectivity index (χ1n) is 11.3. The highest BCUT2D eigenvalue weighted by molar-refractivity contribution is 7.90. The molecule has 2 heterocycles. The van der Waals surface area contributed by atoms with Crippen molar-refractivity contribution in [2.24, 2.45) is 5.41 Å². The fourth-order valence-electron chi connectivity index (χ4n) is 4.21. The van der Waals surface area contributed by atoms with Crippen LogP contribution in [0.2, 0.25) is 5.02 Å². The van der Waals surface area contributed by atoms with Crippen molar-refractivity contribution in [1.82, 2.24) is 14.3 Å². The molecule has 1 atom stereocenters. The summed E-state index contributed by atoms with van der Waals surface area (Å²) in [6, 6.07) is 0.936. The summed E-state index contributed by atoms with van der Waals surface area (Å²) in [5, 5.41) is -0.963. The highest BCUT2D eigenvalue weighted by atomic mass is 35.5. The molecule has 0 saturated heterocycles. The molecule has 0 unspecified atom stereocenters. The van der Waals surface area contributed by atoms with Crippen molar-refractivity contribution in [3.05, 3.63) is 52.7 Å². The van der Waals surface area contributed by atoms with E-state index in [2.05, 4.69) is 9.71 Å². The minimum atomic E-state index is -4.91. The minimum absolute atomic E-state index is 0.0437. The number of benzene rings is 1. The monoisotopic (exact) mass is 567 g/mol. The Morgan fingerprint density at radius 3 is 2.32 bits per heavy atom. The summed E-state index contributed by atoms with van der Waals surface area (Å²) >= 11 is 5.87. The van der Waals surface area contributed by atoms with Crippen molar-refractivity contribution in [2.75, 3.05) is 0 Å². The maximum atomic E-state index is 15.4. The molecule has 2 aromatic heterocycles. The van der Waals surface area contributed by atoms with E-state index in [1.54, 1.807) is 0 Å². The normalized spacial score (nSPS) is 16.1. The van der Waals surface area contributed by atoms with Gasteiger partial charge in [-0.3, -0.25) is 0 Å². The van der Waals surface area contributed by atoms with Crippen LogP contribution in [0.4, 0.5) is 26.3 Å². The van der Waals surface area contributed by atoms with Gasteiger partial charge in [-0.15, -0.1) is 0 Å². The number of halogens is 7. The second-order valence-electron chi connectivity index (χ2n) is 10.3. The number of alkyl halides is 5. The van der Waals surface area contributed by atoms with Crippen LogP contribution in [0.3, 0.4) is 0 Å². The lowest BCUT2D eigenvalue weighted by Gasteiger charge is -2.20. The van der Waals surface area contributed by atoms with Gasteiger partial charge in [-0.05, 0) is 36.5 Å². The van der Waals surface area contributed by atoms with Crippen LogP contribution in [0.25, 0.3) is 22.0 Å². The first-order chi connectivity index (χ1) is 17.0. The molecular formula is C24H24ClF6N3O2S. The van der Waals surface area contributed by atoms with E-state index in [-0.39, 0.29) is 28.0 Å². The Morgan fingerprint density at radius 2 is 1.78 bits per heavy atom. The van der Waals surface area contributed by atoms with Crippen molar-refractivity contribution in [2.45, 2.75) is 64.1 Å². The average Bonchev–Trinajstić information content (AvgIpc) is 3.55. The van der Waals surface area contributed by atoms with Gasteiger partial charge in [-0.25, -0.2) is 31.3 Å². The molecular weight excluding hydrogens is 544 g/mol. The van der Waals surface area contributed by atoms with Crippen LogP contribution in [0, 0.1) is 11.2 Å². The lowest BCUT2D eigenvalue weighted by Crippen LogP contribution is -2.35. The molecule has 202 valence electrons. The third-order valence-electron chi connectivity index (χ3n) is 5.90. The molecule has 1 saturated carbocycles. The number of nitrogens with one attached hydrogen (secondary N) is 1. The number of aromatic nitrogens is 2. The van der Waals surface area contributed by atoms with Gasteiger partial charge in [-0.1, -0.05) is 32.4 Å². The summed E-state index contributed by atoms with van der Waals surface area (Å²) in [7, 11) is -4.04. The summed E-state index contributed by atoms with van der Waals surface area (Å²) in [4.78, 5) is 3.34. The zero-order valence-corrected chi connectivity index (χ0v) is 21.6. The SMILES string of the molecule is CC(C)(C)Cn1cc([C@H](NS(=O)(=O)C2CC2)C(F)F)c2cc(F)c(-c3cc(Cl)cnc3C(F)(F)F)cc21. The maximum Gasteiger partial charge on any atom is 0.433 e. The molecule has 0 radical (unpaired) electrons. The largest absolute Gasteiger partial charge is 0.433 e. The number of hydrogen-bond acceptors (Lipinski definition) is 3. The molecule has 1 fully saturated rings. The molecule has 1 aliphatic carbocycles. The fourth-order valence-corrected chi connectivity index (χ4v) is 5.90. The van der Waals surface area contributed by atoms with E-state index >= 15 is 4.39 Å². The molecule has 1 aliphatic rings. The summed E-state index contributed by atoms with van der Waals surface area (Å²) in [6.45, 7) is 5.78. The number of rotatable bonds is 7. The van der Waals surface area contributed by atoms with Crippen molar-refractivity contribution in [1.29, 1.82) is 0 Å². The molecule has 37 heavy (non-hydrogen) atoms. The van der Waals surface area contributed by atoms with Gasteiger partial charge in [0.25, 0.3) is 6.43 Å². The van der Waals surface area contributed by atoms with E-state index in [9.17, 15) is 30.4 Å². The summed E-state index contributed by atoms with van der Waals surface area (Å²) in [5.41, 5.74) is -2.87. The van der Waals surface area contributed by atoms with Gasteiger partial charge in [0.05, 0.1) is 10.3 Å². The molecule has 0 aliphatic heterocycles. The highest BCUT2D eigenvalue weighted by Gasteiger charge is 2.40. The number of nitrogens with zero attached hydrogens (tertiary/aromatic N) is 2. The Morgan fingerprint density at radius 1 is 1.14 bits per heavy atom. The van der Waals surface area contributed by atoms with Crippen LogP contribution in [0.1, 0.15) is 50.9 Å². The van der Waals surface area contributed by atoms with E-state index in [0.29, 0.717) is 12.8 Å². The average molecular weight is 568 g/mol. The van der Waals surface area contributed by atoms with Crippen molar-refractivity contribution >= 4 is 32.5 Å². The van der Waals surface area contributed by atoms with E-state index < -0.39 is 62.0 Å². The van der Waals surface area contributed by atoms with Crippen LogP contribution < -0.4 is 4.72 Å². The van der Waals surface area contributed by atoms with E-state index in [1.807, 2.05) is 20.8 Å². The van der Waals surface area contributed by atoms with Crippen LogP contribution in [-0.4, -0.2) is 29.6 Å². The standard InChI is InChI=1S/C24H24ClF6N3O2S/c1-23(2,3)11-34-10-17(20(22(27)28)33-37(35,36)13-4-5-13)15-7-18(26)14(8-19(15)34)16-6-12(25)9-32-21(16)24(29,30)31/h6-10,13,20,22,33H,4-5,11H2,1-3H3/t20-/m0/s1. The predicted molar refractivity (Wildman–Crippen MR) is 128 cm³/mol. The second kappa shape index (κ2) is 9.46. The van der Waals surface area contributed by atoms with Crippen molar-refractivity contribution in [3.63, 3.8) is 0 Å². The summed E-state index contributed by atoms with van der Waals surface area (Å²) in [6.07, 6.45) is -5.29. The zero-order chi connectivity index (χ0) is 27.5. The van der Waals surface area contributed by atoms with Crippen LogP contribution >= 0.6 is 11.6 Å². The van der Waals surface area contributed by atoms with Gasteiger partial charge in [0, 0.05) is 46.5 Å². The van der Waals surface area contributed by atoms with Gasteiger partial charge in [0.15, 0.2) is 5.69 Å². The lowest BCUT2D eigenvalue weighted by atomic mass is 9.96. The number of sulfonamides is 1. The van der Waals surface area contributed by atoms with Crippen molar-refractivity contribution in [3.8, 4) is 11.1 Å². The number of hydrogen-bond donors (Lipinski definition) is 1. The van der Waals surface area contributed by atoms with Gasteiger partial charge >= 0.3 is 6.18 Å². The molecule has 1 aromatic carbocycles. The highest BCUT2D eigenvalue weighted by Crippen LogP contribution is 2.41. The smallest absolute Gasteiger partial charge is 0.347 e. The maximum absolute atomic E-state index is 15.4. The van der Waals surface area contributed by atoms with E-state index in [4.69, 9.17) is 11.6 Å². The third kappa shape index (κ3) is 5.91. The zero-order valence-electron chi connectivity index (χ0n) is 20.0. The third-order valence-corrected chi connectivity index (χ3v) is 8.04. The van der Waals surface area contributed by atoms with Gasteiger partial charge < -0.3 is 4.57 Å². The molecule has 0 amide bonds. The molecule has 4 rings (SSSR count). The van der Waals surface area contributed by atoms with Gasteiger partial charge in [0.2, 0.25) is 10.0 Å².